The number of amides is 1. The molecule has 0 bridgehead atoms. The molecule has 0 aromatic carbocycles. The molecule has 3 N–H and O–H groups in total. The summed E-state index contributed by atoms with van der Waals surface area (Å²) in [5, 5.41) is 3.15. The molecule has 18 heavy (non-hydrogen) atoms. The quantitative estimate of drug-likeness (QED) is 0.813. The second kappa shape index (κ2) is 5.20. The molecule has 3 nitrogen and oxygen atoms in total. The van der Waals surface area contributed by atoms with E-state index in [0.29, 0.717) is 10.8 Å². The molecule has 1 aliphatic rings. The third-order valence-corrected chi connectivity index (χ3v) is 3.92. The van der Waals surface area contributed by atoms with Gasteiger partial charge >= 0.3 is 0 Å². The van der Waals surface area contributed by atoms with Gasteiger partial charge < -0.3 is 11.1 Å². The van der Waals surface area contributed by atoms with E-state index < -0.39 is 6.04 Å². The standard InChI is InChI=1S/C15H30N2O/c1-10(2)12(16)13(18)17-11-7-14(3,4)9-15(5,6)8-11/h10-12H,7-9,16H2,1-6H3,(H,17,18). The van der Waals surface area contributed by atoms with Crippen LogP contribution in [-0.2, 0) is 4.79 Å². The maximum atomic E-state index is 12.0. The van der Waals surface area contributed by atoms with Gasteiger partial charge in [-0.3, -0.25) is 4.79 Å². The Bertz CT molecular complexity index is 292. The molecule has 0 saturated heterocycles. The number of nitrogens with two attached hydrogens (primary N) is 1. The first-order chi connectivity index (χ1) is 8.02. The first-order valence-corrected chi connectivity index (χ1v) is 7.08. The van der Waals surface area contributed by atoms with Crippen LogP contribution in [-0.4, -0.2) is 18.0 Å². The zero-order valence-corrected chi connectivity index (χ0v) is 12.8. The third-order valence-electron chi connectivity index (χ3n) is 3.92. The smallest absolute Gasteiger partial charge is 0.237 e. The summed E-state index contributed by atoms with van der Waals surface area (Å²) in [6.07, 6.45) is 3.31. The summed E-state index contributed by atoms with van der Waals surface area (Å²) in [6.45, 7) is 13.1. The lowest BCUT2D eigenvalue weighted by Crippen LogP contribution is -2.52. The molecule has 1 aliphatic carbocycles. The van der Waals surface area contributed by atoms with Crippen LogP contribution in [0.4, 0.5) is 0 Å². The van der Waals surface area contributed by atoms with Crippen LogP contribution in [0.3, 0.4) is 0 Å². The first-order valence-electron chi connectivity index (χ1n) is 7.08. The fourth-order valence-electron chi connectivity index (χ4n) is 3.55. The van der Waals surface area contributed by atoms with Gasteiger partial charge in [0.05, 0.1) is 6.04 Å². The summed E-state index contributed by atoms with van der Waals surface area (Å²) in [6, 6.07) is -0.126. The van der Waals surface area contributed by atoms with Gasteiger partial charge in [-0.05, 0) is 36.0 Å². The summed E-state index contributed by atoms with van der Waals surface area (Å²) in [4.78, 5) is 12.0. The van der Waals surface area contributed by atoms with Gasteiger partial charge in [0, 0.05) is 6.04 Å². The van der Waals surface area contributed by atoms with E-state index in [9.17, 15) is 4.79 Å². The molecular weight excluding hydrogens is 224 g/mol. The molecular formula is C15H30N2O. The molecule has 1 atom stereocenters. The molecule has 3 heteroatoms. The van der Waals surface area contributed by atoms with Crippen LogP contribution in [0, 0.1) is 16.7 Å². The molecule has 0 spiro atoms. The van der Waals surface area contributed by atoms with Gasteiger partial charge in [-0.15, -0.1) is 0 Å². The van der Waals surface area contributed by atoms with Crippen molar-refractivity contribution in [2.24, 2.45) is 22.5 Å². The zero-order chi connectivity index (χ0) is 14.1. The highest BCUT2D eigenvalue weighted by Crippen LogP contribution is 2.45. The van der Waals surface area contributed by atoms with Crippen molar-refractivity contribution in [3.8, 4) is 0 Å². The fraction of sp³-hybridized carbons (Fsp3) is 0.933. The molecule has 1 amide bonds. The highest BCUT2D eigenvalue weighted by molar-refractivity contribution is 5.82. The minimum atomic E-state index is -0.391. The topological polar surface area (TPSA) is 55.1 Å². The molecule has 0 aromatic heterocycles. The molecule has 0 aliphatic heterocycles. The van der Waals surface area contributed by atoms with Gasteiger partial charge in [-0.1, -0.05) is 41.5 Å². The van der Waals surface area contributed by atoms with E-state index in [-0.39, 0.29) is 17.9 Å². The van der Waals surface area contributed by atoms with E-state index in [2.05, 4.69) is 33.0 Å². The number of hydrogen-bond acceptors (Lipinski definition) is 2. The Hall–Kier alpha value is -0.570. The van der Waals surface area contributed by atoms with E-state index in [1.807, 2.05) is 13.8 Å². The van der Waals surface area contributed by atoms with Crippen LogP contribution in [0.2, 0.25) is 0 Å². The SMILES string of the molecule is CC(C)C(N)C(=O)NC1CC(C)(C)CC(C)(C)C1. The van der Waals surface area contributed by atoms with E-state index in [4.69, 9.17) is 5.73 Å². The van der Waals surface area contributed by atoms with E-state index in [1.54, 1.807) is 0 Å². The molecule has 1 fully saturated rings. The van der Waals surface area contributed by atoms with E-state index in [1.165, 1.54) is 6.42 Å². The Kier molecular flexibility index (Phi) is 4.47. The van der Waals surface area contributed by atoms with Gasteiger partial charge in [0.25, 0.3) is 0 Å². The van der Waals surface area contributed by atoms with Crippen LogP contribution in [0.1, 0.15) is 60.8 Å². The molecule has 0 heterocycles. The van der Waals surface area contributed by atoms with E-state index >= 15 is 0 Å². The van der Waals surface area contributed by atoms with Crippen LogP contribution >= 0.6 is 0 Å². The molecule has 1 saturated carbocycles. The van der Waals surface area contributed by atoms with Crippen molar-refractivity contribution in [3.63, 3.8) is 0 Å². The second-order valence-electron chi connectivity index (χ2n) is 7.89. The summed E-state index contributed by atoms with van der Waals surface area (Å²) in [7, 11) is 0. The van der Waals surface area contributed by atoms with Crippen molar-refractivity contribution in [2.75, 3.05) is 0 Å². The average Bonchev–Trinajstić information content (AvgIpc) is 2.10. The number of rotatable bonds is 3. The van der Waals surface area contributed by atoms with Gasteiger partial charge in [-0.2, -0.15) is 0 Å². The largest absolute Gasteiger partial charge is 0.352 e. The summed E-state index contributed by atoms with van der Waals surface area (Å²) in [5.41, 5.74) is 6.49. The average molecular weight is 254 g/mol. The fourth-order valence-corrected chi connectivity index (χ4v) is 3.55. The van der Waals surface area contributed by atoms with Crippen LogP contribution in [0.15, 0.2) is 0 Å². The van der Waals surface area contributed by atoms with Crippen molar-refractivity contribution >= 4 is 5.91 Å². The van der Waals surface area contributed by atoms with Crippen LogP contribution in [0.5, 0.6) is 0 Å². The van der Waals surface area contributed by atoms with Crippen molar-refractivity contribution in [3.05, 3.63) is 0 Å². The lowest BCUT2D eigenvalue weighted by atomic mass is 9.63. The molecule has 106 valence electrons. The second-order valence-corrected chi connectivity index (χ2v) is 7.89. The maximum absolute atomic E-state index is 12.0. The molecule has 0 aromatic rings. The monoisotopic (exact) mass is 254 g/mol. The number of hydrogen-bond donors (Lipinski definition) is 2. The van der Waals surface area contributed by atoms with Crippen molar-refractivity contribution in [2.45, 2.75) is 72.9 Å². The minimum Gasteiger partial charge on any atom is -0.352 e. The van der Waals surface area contributed by atoms with Crippen molar-refractivity contribution < 1.29 is 4.79 Å². The lowest BCUT2D eigenvalue weighted by Gasteiger charge is -2.45. The predicted molar refractivity (Wildman–Crippen MR) is 76.2 cm³/mol. The van der Waals surface area contributed by atoms with Gasteiger partial charge in [0.15, 0.2) is 0 Å². The Labute approximate surface area is 112 Å². The first kappa shape index (κ1) is 15.5. The Morgan fingerprint density at radius 3 is 2.00 bits per heavy atom. The number of carbonyl (C=O) groups is 1. The van der Waals surface area contributed by atoms with Gasteiger partial charge in [-0.25, -0.2) is 0 Å². The van der Waals surface area contributed by atoms with E-state index in [0.717, 1.165) is 12.8 Å². The Morgan fingerprint density at radius 1 is 1.17 bits per heavy atom. The molecule has 0 radical (unpaired) electrons. The summed E-state index contributed by atoms with van der Waals surface area (Å²) >= 11 is 0. The van der Waals surface area contributed by atoms with Gasteiger partial charge in [0.2, 0.25) is 5.91 Å². The highest BCUT2D eigenvalue weighted by atomic mass is 16.2. The summed E-state index contributed by atoms with van der Waals surface area (Å²) < 4.78 is 0. The third kappa shape index (κ3) is 4.27. The maximum Gasteiger partial charge on any atom is 0.237 e. The van der Waals surface area contributed by atoms with Gasteiger partial charge in [0.1, 0.15) is 0 Å². The normalized spacial score (nSPS) is 24.9. The lowest BCUT2D eigenvalue weighted by molar-refractivity contribution is -0.124. The Balaban J connectivity index is 2.65. The van der Waals surface area contributed by atoms with Crippen LogP contribution in [0.25, 0.3) is 0 Å². The minimum absolute atomic E-state index is 0.00324. The zero-order valence-electron chi connectivity index (χ0n) is 12.8. The number of nitrogens with one attached hydrogen (secondary N) is 1. The van der Waals surface area contributed by atoms with Crippen molar-refractivity contribution in [1.82, 2.24) is 5.32 Å². The number of carbonyl (C=O) groups excluding carboxylic acids is 1. The van der Waals surface area contributed by atoms with Crippen LogP contribution < -0.4 is 11.1 Å². The van der Waals surface area contributed by atoms with Crippen molar-refractivity contribution in [1.29, 1.82) is 0 Å². The predicted octanol–water partition coefficient (Wildman–Crippen LogP) is 2.69. The Morgan fingerprint density at radius 2 is 1.61 bits per heavy atom. The summed E-state index contributed by atoms with van der Waals surface area (Å²) in [5.74, 6) is 0.193. The molecule has 1 unspecified atom stereocenters. The highest BCUT2D eigenvalue weighted by Gasteiger charge is 2.39. The molecule has 1 rings (SSSR count).